The Balaban J connectivity index is 1.93. The SMILES string of the molecule is CCOc1cc(CNC(=O)N2CCCC(C(=O)O)C2)ccc1OC. The molecule has 0 radical (unpaired) electrons. The summed E-state index contributed by atoms with van der Waals surface area (Å²) in [6.45, 7) is 3.60. The Labute approximate surface area is 141 Å². The van der Waals surface area contributed by atoms with Crippen LogP contribution in [-0.2, 0) is 11.3 Å². The molecule has 1 aliphatic rings. The third kappa shape index (κ3) is 4.53. The van der Waals surface area contributed by atoms with Gasteiger partial charge in [-0.05, 0) is 37.5 Å². The van der Waals surface area contributed by atoms with Crippen molar-refractivity contribution in [2.45, 2.75) is 26.3 Å². The van der Waals surface area contributed by atoms with Crippen molar-refractivity contribution >= 4 is 12.0 Å². The number of carbonyl (C=O) groups is 2. The predicted octanol–water partition coefficient (Wildman–Crippen LogP) is 2.10. The average molecular weight is 336 g/mol. The van der Waals surface area contributed by atoms with Gasteiger partial charge in [0.05, 0.1) is 19.6 Å². The van der Waals surface area contributed by atoms with Crippen LogP contribution in [0.15, 0.2) is 18.2 Å². The van der Waals surface area contributed by atoms with Gasteiger partial charge in [-0.3, -0.25) is 4.79 Å². The normalized spacial score (nSPS) is 17.2. The van der Waals surface area contributed by atoms with Crippen molar-refractivity contribution in [1.29, 1.82) is 0 Å². The lowest BCUT2D eigenvalue weighted by molar-refractivity contribution is -0.143. The molecule has 1 atom stereocenters. The predicted molar refractivity (Wildman–Crippen MR) is 88.3 cm³/mol. The van der Waals surface area contributed by atoms with E-state index < -0.39 is 11.9 Å². The number of urea groups is 1. The molecule has 0 saturated carbocycles. The summed E-state index contributed by atoms with van der Waals surface area (Å²) >= 11 is 0. The maximum Gasteiger partial charge on any atom is 0.317 e. The van der Waals surface area contributed by atoms with Gasteiger partial charge in [-0.15, -0.1) is 0 Å². The quantitative estimate of drug-likeness (QED) is 0.830. The second-order valence-electron chi connectivity index (χ2n) is 5.70. The van der Waals surface area contributed by atoms with Gasteiger partial charge in [0.2, 0.25) is 0 Å². The maximum atomic E-state index is 12.2. The topological polar surface area (TPSA) is 88.1 Å². The minimum Gasteiger partial charge on any atom is -0.493 e. The molecule has 0 spiro atoms. The molecule has 1 heterocycles. The van der Waals surface area contributed by atoms with Crippen molar-refractivity contribution < 1.29 is 24.2 Å². The minimum absolute atomic E-state index is 0.241. The molecule has 1 saturated heterocycles. The van der Waals surface area contributed by atoms with E-state index in [0.29, 0.717) is 44.0 Å². The summed E-state index contributed by atoms with van der Waals surface area (Å²) < 4.78 is 10.8. The Morgan fingerprint density at radius 1 is 1.38 bits per heavy atom. The number of carboxylic acids is 1. The monoisotopic (exact) mass is 336 g/mol. The van der Waals surface area contributed by atoms with Crippen LogP contribution in [0, 0.1) is 5.92 Å². The minimum atomic E-state index is -0.844. The standard InChI is InChI=1S/C17H24N2O5/c1-3-24-15-9-12(6-7-14(15)23-2)10-18-17(22)19-8-4-5-13(11-19)16(20)21/h6-7,9,13H,3-5,8,10-11H2,1-2H3,(H,18,22)(H,20,21). The number of nitrogens with zero attached hydrogens (tertiary/aromatic N) is 1. The smallest absolute Gasteiger partial charge is 0.317 e. The molecule has 2 amide bonds. The van der Waals surface area contributed by atoms with E-state index in [-0.39, 0.29) is 12.6 Å². The number of carboxylic acid groups (broad SMARTS) is 1. The summed E-state index contributed by atoms with van der Waals surface area (Å²) in [5.41, 5.74) is 0.888. The van der Waals surface area contributed by atoms with Crippen LogP contribution in [-0.4, -0.2) is 48.8 Å². The second kappa shape index (κ2) is 8.42. The molecule has 24 heavy (non-hydrogen) atoms. The van der Waals surface area contributed by atoms with Crippen LogP contribution < -0.4 is 14.8 Å². The van der Waals surface area contributed by atoms with Crippen LogP contribution in [0.5, 0.6) is 11.5 Å². The molecule has 1 aliphatic heterocycles. The number of ether oxygens (including phenoxy) is 2. The van der Waals surface area contributed by atoms with Gasteiger partial charge in [0.15, 0.2) is 11.5 Å². The first kappa shape index (κ1) is 17.9. The van der Waals surface area contributed by atoms with Crippen molar-refractivity contribution in [2.75, 3.05) is 26.8 Å². The average Bonchev–Trinajstić information content (AvgIpc) is 2.60. The van der Waals surface area contributed by atoms with Gasteiger partial charge in [0, 0.05) is 19.6 Å². The molecule has 1 unspecified atom stereocenters. The highest BCUT2D eigenvalue weighted by molar-refractivity contribution is 5.76. The van der Waals surface area contributed by atoms with Crippen LogP contribution in [0.4, 0.5) is 4.79 Å². The lowest BCUT2D eigenvalue weighted by Crippen LogP contribution is -2.46. The Morgan fingerprint density at radius 3 is 2.83 bits per heavy atom. The van der Waals surface area contributed by atoms with Gasteiger partial charge < -0.3 is 24.8 Å². The first-order valence-electron chi connectivity index (χ1n) is 8.10. The van der Waals surface area contributed by atoms with Gasteiger partial charge >= 0.3 is 12.0 Å². The van der Waals surface area contributed by atoms with E-state index in [1.165, 1.54) is 0 Å². The molecule has 2 N–H and O–H groups in total. The van der Waals surface area contributed by atoms with Crippen LogP contribution in [0.2, 0.25) is 0 Å². The van der Waals surface area contributed by atoms with Crippen molar-refractivity contribution in [3.63, 3.8) is 0 Å². The van der Waals surface area contributed by atoms with Gasteiger partial charge in [0.1, 0.15) is 0 Å². The highest BCUT2D eigenvalue weighted by Crippen LogP contribution is 2.28. The van der Waals surface area contributed by atoms with Gasteiger partial charge in [-0.2, -0.15) is 0 Å². The van der Waals surface area contributed by atoms with Crippen molar-refractivity contribution in [2.24, 2.45) is 5.92 Å². The van der Waals surface area contributed by atoms with Crippen molar-refractivity contribution in [3.8, 4) is 11.5 Å². The number of nitrogens with one attached hydrogen (secondary N) is 1. The summed E-state index contributed by atoms with van der Waals surface area (Å²) in [6.07, 6.45) is 1.33. The number of piperidine rings is 1. The fourth-order valence-corrected chi connectivity index (χ4v) is 2.75. The molecule has 0 bridgehead atoms. The Kier molecular flexibility index (Phi) is 6.28. The molecule has 0 aliphatic carbocycles. The van der Waals surface area contributed by atoms with Crippen LogP contribution in [0.3, 0.4) is 0 Å². The number of hydrogen-bond acceptors (Lipinski definition) is 4. The summed E-state index contributed by atoms with van der Waals surface area (Å²) in [5.74, 6) is -0.0398. The van der Waals surface area contributed by atoms with Crippen LogP contribution >= 0.6 is 0 Å². The fourth-order valence-electron chi connectivity index (χ4n) is 2.75. The molecular weight excluding hydrogens is 312 g/mol. The summed E-state index contributed by atoms with van der Waals surface area (Å²) in [4.78, 5) is 24.9. The Bertz CT molecular complexity index is 590. The number of methoxy groups -OCH3 is 1. The molecule has 1 aromatic carbocycles. The zero-order valence-electron chi connectivity index (χ0n) is 14.1. The summed E-state index contributed by atoms with van der Waals surface area (Å²) in [6, 6.07) is 5.25. The first-order valence-corrected chi connectivity index (χ1v) is 8.10. The molecule has 0 aromatic heterocycles. The first-order chi connectivity index (χ1) is 11.5. The van der Waals surface area contributed by atoms with Gasteiger partial charge in [-0.1, -0.05) is 6.07 Å². The lowest BCUT2D eigenvalue weighted by Gasteiger charge is -2.30. The Hall–Kier alpha value is -2.44. The van der Waals surface area contributed by atoms with E-state index in [4.69, 9.17) is 14.6 Å². The highest BCUT2D eigenvalue weighted by atomic mass is 16.5. The van der Waals surface area contributed by atoms with Crippen LogP contribution in [0.1, 0.15) is 25.3 Å². The summed E-state index contributed by atoms with van der Waals surface area (Å²) in [5, 5.41) is 11.9. The van der Waals surface area contributed by atoms with E-state index in [1.54, 1.807) is 18.1 Å². The van der Waals surface area contributed by atoms with E-state index in [2.05, 4.69) is 5.32 Å². The van der Waals surface area contributed by atoms with Gasteiger partial charge in [0.25, 0.3) is 0 Å². The zero-order chi connectivity index (χ0) is 17.5. The van der Waals surface area contributed by atoms with Crippen molar-refractivity contribution in [1.82, 2.24) is 10.2 Å². The van der Waals surface area contributed by atoms with Crippen LogP contribution in [0.25, 0.3) is 0 Å². The third-order valence-electron chi connectivity index (χ3n) is 4.03. The highest BCUT2D eigenvalue weighted by Gasteiger charge is 2.27. The fraction of sp³-hybridized carbons (Fsp3) is 0.529. The number of hydrogen-bond donors (Lipinski definition) is 2. The Morgan fingerprint density at radius 2 is 2.17 bits per heavy atom. The second-order valence-corrected chi connectivity index (χ2v) is 5.70. The number of rotatable bonds is 6. The summed E-state index contributed by atoms with van der Waals surface area (Å²) in [7, 11) is 1.58. The number of benzene rings is 1. The van der Waals surface area contributed by atoms with Crippen molar-refractivity contribution in [3.05, 3.63) is 23.8 Å². The third-order valence-corrected chi connectivity index (χ3v) is 4.03. The molecule has 2 rings (SSSR count). The lowest BCUT2D eigenvalue weighted by atomic mass is 9.99. The van der Waals surface area contributed by atoms with E-state index in [0.717, 1.165) is 5.56 Å². The molecule has 7 nitrogen and oxygen atoms in total. The maximum absolute atomic E-state index is 12.2. The molecule has 1 fully saturated rings. The molecular formula is C17H24N2O5. The molecule has 1 aromatic rings. The molecule has 132 valence electrons. The zero-order valence-corrected chi connectivity index (χ0v) is 14.1. The number of aliphatic carboxylic acids is 1. The van der Waals surface area contributed by atoms with E-state index >= 15 is 0 Å². The van der Waals surface area contributed by atoms with Gasteiger partial charge in [-0.25, -0.2) is 4.79 Å². The largest absolute Gasteiger partial charge is 0.493 e. The van der Waals surface area contributed by atoms with E-state index in [1.807, 2.05) is 19.1 Å². The number of likely N-dealkylation sites (tertiary alicyclic amines) is 1. The number of amides is 2. The number of carbonyl (C=O) groups excluding carboxylic acids is 1. The van der Waals surface area contributed by atoms with E-state index in [9.17, 15) is 9.59 Å². The molecule has 7 heteroatoms.